The molecule has 0 aliphatic carbocycles. The van der Waals surface area contributed by atoms with Crippen molar-refractivity contribution in [2.24, 2.45) is 5.73 Å². The number of rotatable bonds is 6. The predicted molar refractivity (Wildman–Crippen MR) is 64.2 cm³/mol. The van der Waals surface area contributed by atoms with Gasteiger partial charge in [-0.2, -0.15) is 0 Å². The van der Waals surface area contributed by atoms with Crippen LogP contribution < -0.4 is 11.1 Å². The summed E-state index contributed by atoms with van der Waals surface area (Å²) in [7, 11) is 0. The average molecular weight is 240 g/mol. The molecule has 1 aromatic carbocycles. The number of carbonyl (C=O) groups excluding carboxylic acids is 1. The number of anilines is 1. The van der Waals surface area contributed by atoms with E-state index in [-0.39, 0.29) is 5.91 Å². The fourth-order valence-electron chi connectivity index (χ4n) is 1.41. The molecular weight excluding hydrogens is 223 g/mol. The maximum Gasteiger partial charge on any atom is 0.224 e. The third kappa shape index (κ3) is 4.82. The summed E-state index contributed by atoms with van der Waals surface area (Å²) in [5, 5.41) is 11.5. The molecule has 0 unspecified atom stereocenters. The number of phenols is 1. The molecule has 1 rings (SSSR count). The number of unbranched alkanes of at least 4 members (excludes halogenated alkanes) is 2. The van der Waals surface area contributed by atoms with Crippen molar-refractivity contribution < 1.29 is 14.3 Å². The zero-order valence-corrected chi connectivity index (χ0v) is 9.58. The van der Waals surface area contributed by atoms with Gasteiger partial charge in [0.05, 0.1) is 0 Å². The largest absolute Gasteiger partial charge is 0.505 e. The Labute approximate surface area is 99.6 Å². The molecule has 0 aliphatic rings. The third-order valence-corrected chi connectivity index (χ3v) is 2.34. The molecule has 0 radical (unpaired) electrons. The van der Waals surface area contributed by atoms with Crippen molar-refractivity contribution >= 4 is 11.6 Å². The van der Waals surface area contributed by atoms with Crippen LogP contribution in [0, 0.1) is 5.82 Å². The molecule has 4 nitrogen and oxygen atoms in total. The standard InChI is InChI=1S/C12H17FN2O2/c13-10-8-9(5-6-11(10)16)15-12(17)4-2-1-3-7-14/h5-6,8,16H,1-4,7,14H2,(H,15,17). The minimum Gasteiger partial charge on any atom is -0.505 e. The Hall–Kier alpha value is -1.62. The van der Waals surface area contributed by atoms with E-state index < -0.39 is 11.6 Å². The second-order valence-electron chi connectivity index (χ2n) is 3.81. The summed E-state index contributed by atoms with van der Waals surface area (Å²) < 4.78 is 13.0. The Bertz CT molecular complexity index is 383. The minimum absolute atomic E-state index is 0.160. The van der Waals surface area contributed by atoms with Gasteiger partial charge >= 0.3 is 0 Å². The summed E-state index contributed by atoms with van der Waals surface area (Å²) in [4.78, 5) is 11.4. The number of nitrogens with two attached hydrogens (primary N) is 1. The first kappa shape index (κ1) is 13.4. The van der Waals surface area contributed by atoms with Gasteiger partial charge in [0, 0.05) is 18.2 Å². The highest BCUT2D eigenvalue weighted by Gasteiger charge is 2.05. The van der Waals surface area contributed by atoms with Crippen molar-refractivity contribution in [2.45, 2.75) is 25.7 Å². The molecule has 0 saturated carbocycles. The maximum atomic E-state index is 13.0. The van der Waals surface area contributed by atoms with Gasteiger partial charge in [-0.25, -0.2) is 4.39 Å². The van der Waals surface area contributed by atoms with Gasteiger partial charge in [-0.05, 0) is 31.5 Å². The van der Waals surface area contributed by atoms with Gasteiger partial charge in [-0.1, -0.05) is 6.42 Å². The molecule has 0 aliphatic heterocycles. The number of amides is 1. The highest BCUT2D eigenvalue weighted by molar-refractivity contribution is 5.90. The summed E-state index contributed by atoms with van der Waals surface area (Å²) in [6.45, 7) is 0.630. The third-order valence-electron chi connectivity index (χ3n) is 2.34. The monoisotopic (exact) mass is 240 g/mol. The Morgan fingerprint density at radius 1 is 1.35 bits per heavy atom. The molecule has 0 atom stereocenters. The van der Waals surface area contributed by atoms with Crippen molar-refractivity contribution in [3.8, 4) is 5.75 Å². The Balaban J connectivity index is 2.37. The van der Waals surface area contributed by atoms with Crippen LogP contribution in [0.15, 0.2) is 18.2 Å². The van der Waals surface area contributed by atoms with Gasteiger partial charge in [0.15, 0.2) is 11.6 Å². The number of carbonyl (C=O) groups is 1. The first-order valence-corrected chi connectivity index (χ1v) is 5.62. The molecular formula is C12H17FN2O2. The Morgan fingerprint density at radius 3 is 2.76 bits per heavy atom. The summed E-state index contributed by atoms with van der Waals surface area (Å²) in [5.74, 6) is -1.33. The van der Waals surface area contributed by atoms with Crippen molar-refractivity contribution in [1.82, 2.24) is 0 Å². The molecule has 0 fully saturated rings. The number of nitrogens with one attached hydrogen (secondary N) is 1. The number of phenolic OH excluding ortho intramolecular Hbond substituents is 1. The minimum atomic E-state index is -0.745. The van der Waals surface area contributed by atoms with E-state index in [1.165, 1.54) is 12.1 Å². The highest BCUT2D eigenvalue weighted by Crippen LogP contribution is 2.19. The molecule has 0 heterocycles. The molecule has 94 valence electrons. The molecule has 0 aromatic heterocycles. The van der Waals surface area contributed by atoms with E-state index in [4.69, 9.17) is 10.8 Å². The second-order valence-corrected chi connectivity index (χ2v) is 3.81. The quantitative estimate of drug-likeness (QED) is 0.525. The number of aromatic hydroxyl groups is 1. The summed E-state index contributed by atoms with van der Waals surface area (Å²) in [6.07, 6.45) is 2.97. The van der Waals surface area contributed by atoms with E-state index in [0.29, 0.717) is 18.7 Å². The molecule has 0 spiro atoms. The summed E-state index contributed by atoms with van der Waals surface area (Å²) >= 11 is 0. The van der Waals surface area contributed by atoms with E-state index in [0.717, 1.165) is 25.3 Å². The molecule has 1 amide bonds. The number of halogens is 1. The fraction of sp³-hybridized carbons (Fsp3) is 0.417. The van der Waals surface area contributed by atoms with Gasteiger partial charge in [0.1, 0.15) is 0 Å². The van der Waals surface area contributed by atoms with E-state index in [1.807, 2.05) is 0 Å². The average Bonchev–Trinajstić information content (AvgIpc) is 2.30. The van der Waals surface area contributed by atoms with Crippen molar-refractivity contribution in [1.29, 1.82) is 0 Å². The smallest absolute Gasteiger partial charge is 0.224 e. The van der Waals surface area contributed by atoms with Crippen LogP contribution >= 0.6 is 0 Å². The van der Waals surface area contributed by atoms with Crippen molar-refractivity contribution in [2.75, 3.05) is 11.9 Å². The first-order valence-electron chi connectivity index (χ1n) is 5.62. The normalized spacial score (nSPS) is 10.2. The zero-order chi connectivity index (χ0) is 12.7. The summed E-state index contributed by atoms with van der Waals surface area (Å²) in [5.41, 5.74) is 5.68. The number of hydrogen-bond donors (Lipinski definition) is 3. The van der Waals surface area contributed by atoms with Crippen LogP contribution in [0.4, 0.5) is 10.1 Å². The zero-order valence-electron chi connectivity index (χ0n) is 9.58. The van der Waals surface area contributed by atoms with Crippen LogP contribution in [0.1, 0.15) is 25.7 Å². The molecule has 5 heteroatoms. The second kappa shape index (κ2) is 6.85. The number of benzene rings is 1. The van der Waals surface area contributed by atoms with Crippen LogP contribution in [0.25, 0.3) is 0 Å². The topological polar surface area (TPSA) is 75.4 Å². The lowest BCUT2D eigenvalue weighted by atomic mass is 10.2. The van der Waals surface area contributed by atoms with Crippen molar-refractivity contribution in [3.63, 3.8) is 0 Å². The van der Waals surface area contributed by atoms with Crippen LogP contribution in [-0.4, -0.2) is 17.6 Å². The number of hydrogen-bond acceptors (Lipinski definition) is 3. The highest BCUT2D eigenvalue weighted by atomic mass is 19.1. The van der Waals surface area contributed by atoms with E-state index in [9.17, 15) is 9.18 Å². The van der Waals surface area contributed by atoms with Gasteiger partial charge in [0.2, 0.25) is 5.91 Å². The SMILES string of the molecule is NCCCCCC(=O)Nc1ccc(O)c(F)c1. The lowest BCUT2D eigenvalue weighted by molar-refractivity contribution is -0.116. The Morgan fingerprint density at radius 2 is 2.12 bits per heavy atom. The molecule has 0 bridgehead atoms. The maximum absolute atomic E-state index is 13.0. The molecule has 1 aromatic rings. The lowest BCUT2D eigenvalue weighted by Crippen LogP contribution is -2.11. The first-order chi connectivity index (χ1) is 8.13. The van der Waals surface area contributed by atoms with Crippen LogP contribution in [0.5, 0.6) is 5.75 Å². The summed E-state index contributed by atoms with van der Waals surface area (Å²) in [6, 6.07) is 3.75. The lowest BCUT2D eigenvalue weighted by Gasteiger charge is -2.05. The van der Waals surface area contributed by atoms with E-state index >= 15 is 0 Å². The predicted octanol–water partition coefficient (Wildman–Crippen LogP) is 1.99. The fourth-order valence-corrected chi connectivity index (χ4v) is 1.41. The van der Waals surface area contributed by atoms with Gasteiger partial charge in [-0.15, -0.1) is 0 Å². The molecule has 4 N–H and O–H groups in total. The van der Waals surface area contributed by atoms with Crippen molar-refractivity contribution in [3.05, 3.63) is 24.0 Å². The van der Waals surface area contributed by atoms with Gasteiger partial charge < -0.3 is 16.2 Å². The van der Waals surface area contributed by atoms with E-state index in [1.54, 1.807) is 0 Å². The molecule has 17 heavy (non-hydrogen) atoms. The van der Waals surface area contributed by atoms with Crippen LogP contribution in [-0.2, 0) is 4.79 Å². The van der Waals surface area contributed by atoms with Gasteiger partial charge in [-0.3, -0.25) is 4.79 Å². The van der Waals surface area contributed by atoms with Crippen LogP contribution in [0.3, 0.4) is 0 Å². The van der Waals surface area contributed by atoms with E-state index in [2.05, 4.69) is 5.32 Å². The molecule has 0 saturated heterocycles. The van der Waals surface area contributed by atoms with Gasteiger partial charge in [0.25, 0.3) is 0 Å². The van der Waals surface area contributed by atoms with Crippen LogP contribution in [0.2, 0.25) is 0 Å². The Kier molecular flexibility index (Phi) is 5.42.